The summed E-state index contributed by atoms with van der Waals surface area (Å²) in [4.78, 5) is 32.3. The molecule has 11 nitrogen and oxygen atoms in total. The SMILES string of the molecule is CC[C@@](CSc1ccccc1)(Nc1ccc(S(=O)(=O)NC(=O)c2ccc(N3CCN(Cc4ccccc4C4CCCCC4)CC3)cc2)cc1[N+](=O)[O-])N(C)C. The van der Waals surface area contributed by atoms with E-state index in [9.17, 15) is 23.3 Å². The molecule has 13 heteroatoms. The number of nitro groups is 1. The maximum Gasteiger partial charge on any atom is 0.293 e. The average molecular weight is 785 g/mol. The van der Waals surface area contributed by atoms with Gasteiger partial charge in [0, 0.05) is 60.7 Å². The maximum atomic E-state index is 13.4. The Bertz CT molecular complexity index is 2030. The van der Waals surface area contributed by atoms with Crippen molar-refractivity contribution >= 4 is 44.8 Å². The van der Waals surface area contributed by atoms with Gasteiger partial charge in [0.2, 0.25) is 0 Å². The first kappa shape index (κ1) is 40.2. The highest BCUT2D eigenvalue weighted by molar-refractivity contribution is 7.99. The van der Waals surface area contributed by atoms with Crippen LogP contribution >= 0.6 is 11.8 Å². The number of thioether (sulfide) groups is 1. The van der Waals surface area contributed by atoms with Crippen LogP contribution in [0.2, 0.25) is 0 Å². The van der Waals surface area contributed by atoms with Crippen LogP contribution in [-0.4, -0.2) is 80.7 Å². The second-order valence-corrected chi connectivity index (χ2v) is 17.5. The summed E-state index contributed by atoms with van der Waals surface area (Å²) in [6, 6.07) is 29.3. The van der Waals surface area contributed by atoms with Crippen LogP contribution in [0.4, 0.5) is 17.1 Å². The Morgan fingerprint density at radius 1 is 0.909 bits per heavy atom. The van der Waals surface area contributed by atoms with Gasteiger partial charge in [0.05, 0.1) is 15.5 Å². The summed E-state index contributed by atoms with van der Waals surface area (Å²) in [5.41, 5.74) is 3.18. The van der Waals surface area contributed by atoms with Gasteiger partial charge in [-0.2, -0.15) is 0 Å². The molecular formula is C42H52N6O5S2. The van der Waals surface area contributed by atoms with Crippen LogP contribution in [0.3, 0.4) is 0 Å². The Morgan fingerprint density at radius 3 is 2.24 bits per heavy atom. The molecule has 1 saturated heterocycles. The molecule has 2 fully saturated rings. The van der Waals surface area contributed by atoms with E-state index in [4.69, 9.17) is 0 Å². The Hall–Kier alpha value is -4.43. The van der Waals surface area contributed by atoms with E-state index in [-0.39, 0.29) is 16.1 Å². The molecule has 0 radical (unpaired) electrons. The van der Waals surface area contributed by atoms with Gasteiger partial charge in [0.1, 0.15) is 5.69 Å². The van der Waals surface area contributed by atoms with Crippen molar-refractivity contribution in [3.63, 3.8) is 0 Å². The predicted octanol–water partition coefficient (Wildman–Crippen LogP) is 7.96. The van der Waals surface area contributed by atoms with E-state index in [1.165, 1.54) is 55.4 Å². The number of anilines is 2. The first-order valence-electron chi connectivity index (χ1n) is 19.1. The van der Waals surface area contributed by atoms with E-state index in [1.807, 2.05) is 68.4 Å². The Labute approximate surface area is 329 Å². The van der Waals surface area contributed by atoms with Gasteiger partial charge < -0.3 is 10.2 Å². The van der Waals surface area contributed by atoms with Crippen LogP contribution in [-0.2, 0) is 16.6 Å². The number of rotatable bonds is 15. The van der Waals surface area contributed by atoms with Crippen molar-refractivity contribution in [2.75, 3.05) is 56.2 Å². The van der Waals surface area contributed by atoms with E-state index in [0.29, 0.717) is 18.1 Å². The average Bonchev–Trinajstić information content (AvgIpc) is 3.20. The van der Waals surface area contributed by atoms with Crippen molar-refractivity contribution in [3.8, 4) is 0 Å². The van der Waals surface area contributed by atoms with Gasteiger partial charge in [-0.1, -0.05) is 68.7 Å². The molecule has 1 aliphatic heterocycles. The quantitative estimate of drug-likeness (QED) is 0.0531. The van der Waals surface area contributed by atoms with Crippen LogP contribution in [0.25, 0.3) is 0 Å². The van der Waals surface area contributed by atoms with Crippen molar-refractivity contribution in [1.82, 2.24) is 14.5 Å². The number of nitrogens with zero attached hydrogens (tertiary/aromatic N) is 4. The van der Waals surface area contributed by atoms with Crippen molar-refractivity contribution in [1.29, 1.82) is 0 Å². The predicted molar refractivity (Wildman–Crippen MR) is 221 cm³/mol. The van der Waals surface area contributed by atoms with Gasteiger partial charge in [-0.3, -0.25) is 24.7 Å². The molecule has 2 aliphatic rings. The zero-order chi connectivity index (χ0) is 39.0. The topological polar surface area (TPSA) is 128 Å². The number of benzene rings is 4. The number of hydrogen-bond acceptors (Lipinski definition) is 10. The second-order valence-electron chi connectivity index (χ2n) is 14.7. The molecule has 4 aromatic carbocycles. The summed E-state index contributed by atoms with van der Waals surface area (Å²) >= 11 is 1.62. The Balaban J connectivity index is 1.07. The van der Waals surface area contributed by atoms with Crippen LogP contribution in [0.15, 0.2) is 107 Å². The highest BCUT2D eigenvalue weighted by atomic mass is 32.2. The largest absolute Gasteiger partial charge is 0.369 e. The molecule has 1 aliphatic carbocycles. The zero-order valence-corrected chi connectivity index (χ0v) is 33.6. The molecule has 0 aromatic heterocycles. The Kier molecular flexibility index (Phi) is 13.2. The Morgan fingerprint density at radius 2 is 1.58 bits per heavy atom. The van der Waals surface area contributed by atoms with Crippen LogP contribution < -0.4 is 14.9 Å². The lowest BCUT2D eigenvalue weighted by Gasteiger charge is -2.40. The van der Waals surface area contributed by atoms with E-state index >= 15 is 0 Å². The lowest BCUT2D eigenvalue weighted by atomic mass is 9.82. The van der Waals surface area contributed by atoms with Gasteiger partial charge in [-0.25, -0.2) is 13.1 Å². The monoisotopic (exact) mass is 784 g/mol. The minimum absolute atomic E-state index is 0.174. The smallest absolute Gasteiger partial charge is 0.293 e. The molecule has 0 unspecified atom stereocenters. The van der Waals surface area contributed by atoms with Gasteiger partial charge in [0.25, 0.3) is 21.6 Å². The van der Waals surface area contributed by atoms with Crippen molar-refractivity contribution in [2.24, 2.45) is 0 Å². The lowest BCUT2D eigenvalue weighted by molar-refractivity contribution is -0.384. The molecule has 0 bridgehead atoms. The van der Waals surface area contributed by atoms with Gasteiger partial charge >= 0.3 is 0 Å². The number of piperazine rings is 1. The summed E-state index contributed by atoms with van der Waals surface area (Å²) in [6.07, 6.45) is 7.15. The number of carbonyl (C=O) groups is 1. The van der Waals surface area contributed by atoms with E-state index in [1.54, 1.807) is 23.9 Å². The molecular weight excluding hydrogens is 733 g/mol. The fourth-order valence-electron chi connectivity index (χ4n) is 7.65. The summed E-state index contributed by atoms with van der Waals surface area (Å²) in [7, 11) is -0.634. The molecule has 2 N–H and O–H groups in total. The van der Waals surface area contributed by atoms with Crippen molar-refractivity contribution in [2.45, 2.75) is 73.4 Å². The summed E-state index contributed by atoms with van der Waals surface area (Å²) < 4.78 is 28.9. The highest BCUT2D eigenvalue weighted by Gasteiger charge is 2.34. The molecule has 1 amide bonds. The van der Waals surface area contributed by atoms with Crippen molar-refractivity contribution < 1.29 is 18.1 Å². The molecule has 55 heavy (non-hydrogen) atoms. The molecule has 4 aromatic rings. The van der Waals surface area contributed by atoms with E-state index < -0.39 is 32.2 Å². The first-order chi connectivity index (χ1) is 26.5. The van der Waals surface area contributed by atoms with Gasteiger partial charge in [0.15, 0.2) is 0 Å². The van der Waals surface area contributed by atoms with E-state index in [2.05, 4.69) is 44.1 Å². The van der Waals surface area contributed by atoms with Gasteiger partial charge in [-0.05, 0) is 98.9 Å². The third kappa shape index (κ3) is 9.88. The van der Waals surface area contributed by atoms with Crippen LogP contribution in [0.5, 0.6) is 0 Å². The summed E-state index contributed by atoms with van der Waals surface area (Å²) in [5.74, 6) is 0.425. The lowest BCUT2D eigenvalue weighted by Crippen LogP contribution is -2.52. The van der Waals surface area contributed by atoms with Crippen LogP contribution in [0.1, 0.15) is 72.9 Å². The fourth-order valence-corrected chi connectivity index (χ4v) is 9.93. The molecule has 1 saturated carbocycles. The minimum Gasteiger partial charge on any atom is -0.369 e. The number of carbonyl (C=O) groups excluding carboxylic acids is 1. The second kappa shape index (κ2) is 18.0. The van der Waals surface area contributed by atoms with Crippen LogP contribution in [0, 0.1) is 10.1 Å². The first-order valence-corrected chi connectivity index (χ1v) is 21.6. The third-order valence-corrected chi connectivity index (χ3v) is 13.6. The standard InChI is InChI=1S/C42H52N6O5S2/c1-4-42(45(2)3,31-54-36-16-9-6-10-17-36)43-39-24-23-37(29-40(39)48(50)51)55(52,53)44-41(49)33-19-21-35(22-20-33)47-27-25-46(26-28-47)30-34-15-11-12-18-38(34)32-13-7-5-8-14-32/h6,9-12,15-24,29,32,43H,4-5,7-8,13-14,25-28,30-31H2,1-3H3,(H,44,49)/t42-/m1/s1. The number of hydrogen-bond donors (Lipinski definition) is 2. The number of sulfonamides is 1. The maximum absolute atomic E-state index is 13.4. The molecule has 6 rings (SSSR count). The molecule has 1 heterocycles. The number of nitro benzene ring substituents is 1. The normalized spacial score (nSPS) is 16.8. The summed E-state index contributed by atoms with van der Waals surface area (Å²) in [6.45, 7) is 6.46. The summed E-state index contributed by atoms with van der Waals surface area (Å²) in [5, 5.41) is 15.6. The highest BCUT2D eigenvalue weighted by Crippen LogP contribution is 2.36. The molecule has 292 valence electrons. The molecule has 0 spiro atoms. The number of amides is 1. The molecule has 1 atom stereocenters. The number of nitrogens with one attached hydrogen (secondary N) is 2. The van der Waals surface area contributed by atoms with Gasteiger partial charge in [-0.15, -0.1) is 11.8 Å². The third-order valence-electron chi connectivity index (χ3n) is 11.1. The van der Waals surface area contributed by atoms with E-state index in [0.717, 1.165) is 49.4 Å². The fraction of sp³-hybridized carbons (Fsp3) is 0.405. The zero-order valence-electron chi connectivity index (χ0n) is 31.9. The minimum atomic E-state index is -4.43. The van der Waals surface area contributed by atoms with Crippen molar-refractivity contribution in [3.05, 3.63) is 124 Å².